The van der Waals surface area contributed by atoms with Gasteiger partial charge in [-0.1, -0.05) is 0 Å². The minimum Gasteiger partial charge on any atom is -0.359 e. The van der Waals surface area contributed by atoms with E-state index in [1.54, 1.807) is 24.6 Å². The molecule has 0 aliphatic rings. The highest BCUT2D eigenvalue weighted by Crippen LogP contribution is 2.16. The average Bonchev–Trinajstić information content (AvgIpc) is 2.83. The standard InChI is InChI=1S/C12H20N6S2/c1-14-12(16-9-13)15-4-5-19-7-10-8-20-11(17-10)6-18(2)3/h8H,4-7H2,1-3H3,(H2,14,15,16). The third-order valence-electron chi connectivity index (χ3n) is 2.24. The molecule has 0 aromatic carbocycles. The Kier molecular flexibility index (Phi) is 8.02. The van der Waals surface area contributed by atoms with E-state index in [0.717, 1.165) is 35.3 Å². The van der Waals surface area contributed by atoms with Crippen LogP contribution in [0.5, 0.6) is 0 Å². The van der Waals surface area contributed by atoms with Gasteiger partial charge in [0, 0.05) is 37.0 Å². The minimum absolute atomic E-state index is 0.509. The number of hydrogen-bond acceptors (Lipinski definition) is 6. The second-order valence-corrected chi connectivity index (χ2v) is 6.31. The maximum absolute atomic E-state index is 8.45. The SMILES string of the molecule is CNC(=NC#N)NCCSCc1csc(CN(C)C)n1. The molecule has 0 aliphatic carbocycles. The summed E-state index contributed by atoms with van der Waals surface area (Å²) in [4.78, 5) is 10.3. The van der Waals surface area contributed by atoms with Crippen molar-refractivity contribution >= 4 is 29.1 Å². The largest absolute Gasteiger partial charge is 0.359 e. The lowest BCUT2D eigenvalue weighted by Crippen LogP contribution is -2.35. The fourth-order valence-corrected chi connectivity index (χ4v) is 3.17. The lowest BCUT2D eigenvalue weighted by Gasteiger charge is -2.06. The van der Waals surface area contributed by atoms with E-state index in [2.05, 4.69) is 30.9 Å². The number of thioether (sulfide) groups is 1. The van der Waals surface area contributed by atoms with Crippen LogP contribution in [-0.2, 0) is 12.3 Å². The number of nitrogens with zero attached hydrogens (tertiary/aromatic N) is 4. The van der Waals surface area contributed by atoms with Crippen LogP contribution >= 0.6 is 23.1 Å². The quantitative estimate of drug-likeness (QED) is 0.340. The molecule has 0 atom stereocenters. The van der Waals surface area contributed by atoms with Gasteiger partial charge >= 0.3 is 0 Å². The van der Waals surface area contributed by atoms with Crippen molar-refractivity contribution in [2.45, 2.75) is 12.3 Å². The molecule has 0 radical (unpaired) electrons. The van der Waals surface area contributed by atoms with E-state index in [4.69, 9.17) is 5.26 Å². The molecule has 0 aliphatic heterocycles. The van der Waals surface area contributed by atoms with Crippen molar-refractivity contribution < 1.29 is 0 Å². The Balaban J connectivity index is 2.20. The van der Waals surface area contributed by atoms with Crippen LogP contribution < -0.4 is 10.6 Å². The lowest BCUT2D eigenvalue weighted by atomic mass is 10.5. The Morgan fingerprint density at radius 3 is 3.05 bits per heavy atom. The van der Waals surface area contributed by atoms with Crippen LogP contribution in [0.25, 0.3) is 0 Å². The van der Waals surface area contributed by atoms with Crippen molar-refractivity contribution in [2.24, 2.45) is 4.99 Å². The summed E-state index contributed by atoms with van der Waals surface area (Å²) in [5.74, 6) is 2.36. The maximum Gasteiger partial charge on any atom is 0.209 e. The number of hydrogen-bond donors (Lipinski definition) is 2. The lowest BCUT2D eigenvalue weighted by molar-refractivity contribution is 0.401. The minimum atomic E-state index is 0.509. The van der Waals surface area contributed by atoms with Crippen LogP contribution in [0.15, 0.2) is 10.4 Å². The van der Waals surface area contributed by atoms with E-state index in [1.165, 1.54) is 0 Å². The Morgan fingerprint density at radius 2 is 2.40 bits per heavy atom. The van der Waals surface area contributed by atoms with Gasteiger partial charge in [0.2, 0.25) is 12.2 Å². The molecule has 1 rings (SSSR count). The van der Waals surface area contributed by atoms with Crippen molar-refractivity contribution in [1.29, 1.82) is 5.26 Å². The molecule has 0 fully saturated rings. The first kappa shape index (κ1) is 16.8. The fourth-order valence-electron chi connectivity index (χ4n) is 1.41. The molecule has 8 heteroatoms. The van der Waals surface area contributed by atoms with Crippen LogP contribution in [-0.4, -0.2) is 49.3 Å². The highest BCUT2D eigenvalue weighted by atomic mass is 32.2. The molecule has 0 saturated heterocycles. The first-order valence-corrected chi connectivity index (χ1v) is 8.23. The molecule has 2 N–H and O–H groups in total. The number of thiazole rings is 1. The van der Waals surface area contributed by atoms with E-state index >= 15 is 0 Å². The number of guanidine groups is 1. The van der Waals surface area contributed by atoms with Gasteiger partial charge in [-0.3, -0.25) is 0 Å². The summed E-state index contributed by atoms with van der Waals surface area (Å²) in [6, 6.07) is 0. The normalized spacial score (nSPS) is 11.4. The highest BCUT2D eigenvalue weighted by molar-refractivity contribution is 7.98. The summed E-state index contributed by atoms with van der Waals surface area (Å²) in [5.41, 5.74) is 1.14. The van der Waals surface area contributed by atoms with E-state index in [1.807, 2.05) is 25.9 Å². The first-order valence-electron chi connectivity index (χ1n) is 6.20. The van der Waals surface area contributed by atoms with E-state index in [0.29, 0.717) is 5.96 Å². The highest BCUT2D eigenvalue weighted by Gasteiger charge is 2.03. The van der Waals surface area contributed by atoms with Crippen molar-refractivity contribution in [2.75, 3.05) is 33.4 Å². The molecule has 0 unspecified atom stereocenters. The summed E-state index contributed by atoms with van der Waals surface area (Å²) in [7, 11) is 5.82. The molecular formula is C12H20N6S2. The van der Waals surface area contributed by atoms with Gasteiger partial charge in [-0.15, -0.1) is 16.3 Å². The van der Waals surface area contributed by atoms with Gasteiger partial charge in [0.1, 0.15) is 5.01 Å². The van der Waals surface area contributed by atoms with Crippen LogP contribution in [0.1, 0.15) is 10.7 Å². The monoisotopic (exact) mass is 312 g/mol. The number of aromatic nitrogens is 1. The Labute approximate surface area is 128 Å². The molecule has 110 valence electrons. The van der Waals surface area contributed by atoms with Crippen molar-refractivity contribution in [3.63, 3.8) is 0 Å². The summed E-state index contributed by atoms with van der Waals surface area (Å²) in [6.07, 6.45) is 1.75. The topological polar surface area (TPSA) is 76.3 Å². The van der Waals surface area contributed by atoms with E-state index < -0.39 is 0 Å². The summed E-state index contributed by atoms with van der Waals surface area (Å²) in [5, 5.41) is 17.6. The smallest absolute Gasteiger partial charge is 0.209 e. The van der Waals surface area contributed by atoms with Gasteiger partial charge in [-0.2, -0.15) is 17.0 Å². The molecular weight excluding hydrogens is 292 g/mol. The first-order chi connectivity index (χ1) is 9.65. The Morgan fingerprint density at radius 1 is 1.60 bits per heavy atom. The number of aliphatic imine (C=N–C) groups is 1. The number of rotatable bonds is 7. The van der Waals surface area contributed by atoms with E-state index in [-0.39, 0.29) is 0 Å². The van der Waals surface area contributed by atoms with Crippen molar-refractivity contribution in [3.8, 4) is 6.19 Å². The van der Waals surface area contributed by atoms with Gasteiger partial charge in [0.15, 0.2) is 0 Å². The molecule has 0 bridgehead atoms. The zero-order chi connectivity index (χ0) is 14.8. The summed E-state index contributed by atoms with van der Waals surface area (Å²) < 4.78 is 0. The summed E-state index contributed by atoms with van der Waals surface area (Å²) in [6.45, 7) is 1.66. The second kappa shape index (κ2) is 9.58. The molecule has 0 spiro atoms. The molecule has 6 nitrogen and oxygen atoms in total. The molecule has 0 amide bonds. The Bertz CT molecular complexity index is 463. The fraction of sp³-hybridized carbons (Fsp3) is 0.583. The second-order valence-electron chi connectivity index (χ2n) is 4.26. The third kappa shape index (κ3) is 6.75. The van der Waals surface area contributed by atoms with Gasteiger partial charge in [0.05, 0.1) is 5.69 Å². The average molecular weight is 312 g/mol. The van der Waals surface area contributed by atoms with Crippen LogP contribution in [0.2, 0.25) is 0 Å². The van der Waals surface area contributed by atoms with E-state index in [9.17, 15) is 0 Å². The molecule has 20 heavy (non-hydrogen) atoms. The molecule has 0 saturated carbocycles. The maximum atomic E-state index is 8.45. The van der Waals surface area contributed by atoms with Gasteiger partial charge < -0.3 is 15.5 Å². The molecule has 1 heterocycles. The molecule has 1 aromatic rings. The van der Waals surface area contributed by atoms with Crippen LogP contribution in [0.4, 0.5) is 0 Å². The van der Waals surface area contributed by atoms with Crippen molar-refractivity contribution in [1.82, 2.24) is 20.5 Å². The van der Waals surface area contributed by atoms with Crippen LogP contribution in [0.3, 0.4) is 0 Å². The predicted octanol–water partition coefficient (Wildman–Crippen LogP) is 1.08. The van der Waals surface area contributed by atoms with Crippen molar-refractivity contribution in [3.05, 3.63) is 16.1 Å². The zero-order valence-electron chi connectivity index (χ0n) is 12.0. The van der Waals surface area contributed by atoms with Gasteiger partial charge in [-0.25, -0.2) is 4.98 Å². The number of nitrogens with one attached hydrogen (secondary N) is 2. The molecule has 1 aromatic heterocycles. The summed E-state index contributed by atoms with van der Waals surface area (Å²) >= 11 is 3.52. The van der Waals surface area contributed by atoms with Gasteiger partial charge in [-0.05, 0) is 14.1 Å². The predicted molar refractivity (Wildman–Crippen MR) is 85.8 cm³/mol. The van der Waals surface area contributed by atoms with Crippen LogP contribution in [0, 0.1) is 11.5 Å². The zero-order valence-corrected chi connectivity index (χ0v) is 13.6. The number of nitriles is 1. The van der Waals surface area contributed by atoms with Gasteiger partial charge in [0.25, 0.3) is 0 Å². The Hall–Kier alpha value is -1.30. The third-order valence-corrected chi connectivity index (χ3v) is 4.11.